The maximum Gasteiger partial charge on any atom is 0.242 e. The summed E-state index contributed by atoms with van der Waals surface area (Å²) in [6.07, 6.45) is 5.50. The van der Waals surface area contributed by atoms with Crippen molar-refractivity contribution in [2.24, 2.45) is 0 Å². The molecule has 0 saturated heterocycles. The lowest BCUT2D eigenvalue weighted by Crippen LogP contribution is -2.50. The molecule has 0 spiro atoms. The van der Waals surface area contributed by atoms with Crippen LogP contribution in [0.25, 0.3) is 0 Å². The Hall–Kier alpha value is -1.56. The second-order valence-electron chi connectivity index (χ2n) is 8.05. The minimum atomic E-state index is -0.616. The maximum absolute atomic E-state index is 13.4. The summed E-state index contributed by atoms with van der Waals surface area (Å²) < 4.78 is 0.922. The van der Waals surface area contributed by atoms with E-state index in [0.717, 1.165) is 35.7 Å². The van der Waals surface area contributed by atoms with Crippen molar-refractivity contribution in [2.45, 2.75) is 64.1 Å². The highest BCUT2D eigenvalue weighted by Crippen LogP contribution is 2.26. The van der Waals surface area contributed by atoms with E-state index in [4.69, 9.17) is 23.2 Å². The van der Waals surface area contributed by atoms with Gasteiger partial charge >= 0.3 is 0 Å². The summed E-state index contributed by atoms with van der Waals surface area (Å²) in [4.78, 5) is 28.0. The van der Waals surface area contributed by atoms with Gasteiger partial charge in [-0.2, -0.15) is 0 Å². The maximum atomic E-state index is 13.4. The molecule has 1 aliphatic carbocycles. The van der Waals surface area contributed by atoms with Gasteiger partial charge in [0.2, 0.25) is 11.8 Å². The first-order chi connectivity index (χ1) is 14.8. The number of amides is 2. The number of hydrogen-bond acceptors (Lipinski definition) is 2. The number of halogens is 3. The van der Waals surface area contributed by atoms with Gasteiger partial charge in [-0.3, -0.25) is 9.59 Å². The van der Waals surface area contributed by atoms with Crippen LogP contribution in [0.1, 0.15) is 50.2 Å². The molecule has 166 valence electrons. The van der Waals surface area contributed by atoms with Crippen LogP contribution in [0.3, 0.4) is 0 Å². The number of nitrogens with one attached hydrogen (secondary N) is 1. The van der Waals surface area contributed by atoms with Gasteiger partial charge < -0.3 is 10.2 Å². The molecule has 0 radical (unpaired) electrons. The summed E-state index contributed by atoms with van der Waals surface area (Å²) in [7, 11) is 0. The summed E-state index contributed by atoms with van der Waals surface area (Å²) >= 11 is 16.1. The van der Waals surface area contributed by atoms with E-state index in [9.17, 15) is 9.59 Å². The highest BCUT2D eigenvalue weighted by Gasteiger charge is 2.29. The monoisotopic (exact) mass is 524 g/mol. The molecule has 2 aromatic rings. The van der Waals surface area contributed by atoms with Gasteiger partial charge in [-0.1, -0.05) is 76.6 Å². The van der Waals surface area contributed by atoms with Crippen LogP contribution in [-0.2, 0) is 22.6 Å². The predicted molar refractivity (Wildman–Crippen MR) is 129 cm³/mol. The fraction of sp³-hybridized carbons (Fsp3) is 0.417. The van der Waals surface area contributed by atoms with E-state index in [2.05, 4.69) is 21.2 Å². The van der Waals surface area contributed by atoms with Crippen molar-refractivity contribution in [3.05, 3.63) is 68.1 Å². The molecule has 0 unspecified atom stereocenters. The van der Waals surface area contributed by atoms with Gasteiger partial charge in [-0.05, 0) is 55.2 Å². The molecule has 2 aromatic carbocycles. The molecule has 31 heavy (non-hydrogen) atoms. The van der Waals surface area contributed by atoms with Crippen molar-refractivity contribution in [1.82, 2.24) is 10.2 Å². The zero-order chi connectivity index (χ0) is 22.4. The van der Waals surface area contributed by atoms with Crippen LogP contribution in [0.5, 0.6) is 0 Å². The van der Waals surface area contributed by atoms with Crippen LogP contribution in [0, 0.1) is 0 Å². The quantitative estimate of drug-likeness (QED) is 0.470. The van der Waals surface area contributed by atoms with Crippen molar-refractivity contribution < 1.29 is 9.59 Å². The standard InChI is InChI=1S/C24H27BrCl2N2O2/c1-16(24(31)28-19-9-3-2-4-10-19)29(15-17-7-5-8-18(25)13-17)23(30)14-20-21(26)11-6-12-22(20)27/h5-8,11-13,16,19H,2-4,9-10,14-15H2,1H3,(H,28,31)/t16-/m1/s1. The molecule has 1 atom stereocenters. The van der Waals surface area contributed by atoms with Crippen molar-refractivity contribution in [3.8, 4) is 0 Å². The largest absolute Gasteiger partial charge is 0.352 e. The summed E-state index contributed by atoms with van der Waals surface area (Å²) in [5.74, 6) is -0.318. The molecule has 0 aliphatic heterocycles. The topological polar surface area (TPSA) is 49.4 Å². The molecule has 0 aromatic heterocycles. The second-order valence-corrected chi connectivity index (χ2v) is 9.78. The summed E-state index contributed by atoms with van der Waals surface area (Å²) in [5, 5.41) is 4.04. The molecule has 1 aliphatic rings. The van der Waals surface area contributed by atoms with Crippen LogP contribution in [-0.4, -0.2) is 28.8 Å². The first-order valence-electron chi connectivity index (χ1n) is 10.6. The third-order valence-electron chi connectivity index (χ3n) is 5.75. The number of nitrogens with zero attached hydrogens (tertiary/aromatic N) is 1. The van der Waals surface area contributed by atoms with E-state index >= 15 is 0 Å². The molecule has 4 nitrogen and oxygen atoms in total. The molecular formula is C24H27BrCl2N2O2. The lowest BCUT2D eigenvalue weighted by atomic mass is 9.95. The molecular weight excluding hydrogens is 499 g/mol. The van der Waals surface area contributed by atoms with Gasteiger partial charge in [-0.25, -0.2) is 0 Å². The minimum Gasteiger partial charge on any atom is -0.352 e. The average molecular weight is 526 g/mol. The van der Waals surface area contributed by atoms with Crippen molar-refractivity contribution in [1.29, 1.82) is 0 Å². The Morgan fingerprint density at radius 2 is 1.74 bits per heavy atom. The Labute approximate surface area is 202 Å². The smallest absolute Gasteiger partial charge is 0.242 e. The number of hydrogen-bond donors (Lipinski definition) is 1. The van der Waals surface area contributed by atoms with E-state index in [0.29, 0.717) is 22.2 Å². The average Bonchev–Trinajstić information content (AvgIpc) is 2.75. The van der Waals surface area contributed by atoms with Crippen LogP contribution in [0.2, 0.25) is 10.0 Å². The molecule has 3 rings (SSSR count). The number of benzene rings is 2. The van der Waals surface area contributed by atoms with E-state index in [-0.39, 0.29) is 24.3 Å². The zero-order valence-corrected chi connectivity index (χ0v) is 20.6. The van der Waals surface area contributed by atoms with Gasteiger partial charge in [0.1, 0.15) is 6.04 Å². The first kappa shape index (κ1) is 24.1. The molecule has 2 amide bonds. The summed E-state index contributed by atoms with van der Waals surface area (Å²) in [6.45, 7) is 2.10. The predicted octanol–water partition coefficient (Wildman–Crippen LogP) is 6.16. The Bertz CT molecular complexity index is 911. The summed E-state index contributed by atoms with van der Waals surface area (Å²) in [5.41, 5.74) is 1.51. The van der Waals surface area contributed by atoms with Crippen LogP contribution in [0.4, 0.5) is 0 Å². The van der Waals surface area contributed by atoms with Crippen LogP contribution < -0.4 is 5.32 Å². The second kappa shape index (κ2) is 11.3. The van der Waals surface area contributed by atoms with Crippen molar-refractivity contribution in [2.75, 3.05) is 0 Å². The van der Waals surface area contributed by atoms with Gasteiger partial charge in [0, 0.05) is 27.1 Å². The van der Waals surface area contributed by atoms with E-state index in [1.165, 1.54) is 6.42 Å². The van der Waals surface area contributed by atoms with Crippen LogP contribution >= 0.6 is 39.1 Å². The Kier molecular flexibility index (Phi) is 8.82. The van der Waals surface area contributed by atoms with Crippen molar-refractivity contribution >= 4 is 50.9 Å². The highest BCUT2D eigenvalue weighted by molar-refractivity contribution is 9.10. The van der Waals surface area contributed by atoms with Crippen molar-refractivity contribution in [3.63, 3.8) is 0 Å². The number of carbonyl (C=O) groups excluding carboxylic acids is 2. The van der Waals surface area contributed by atoms with E-state index in [1.807, 2.05) is 24.3 Å². The van der Waals surface area contributed by atoms with E-state index in [1.54, 1.807) is 30.0 Å². The van der Waals surface area contributed by atoms with Gasteiger partial charge in [-0.15, -0.1) is 0 Å². The Morgan fingerprint density at radius 1 is 1.10 bits per heavy atom. The fourth-order valence-corrected chi connectivity index (χ4v) is 4.92. The zero-order valence-electron chi connectivity index (χ0n) is 17.5. The molecule has 7 heteroatoms. The molecule has 0 bridgehead atoms. The molecule has 0 heterocycles. The van der Waals surface area contributed by atoms with Gasteiger partial charge in [0.05, 0.1) is 6.42 Å². The van der Waals surface area contributed by atoms with E-state index < -0.39 is 6.04 Å². The Morgan fingerprint density at radius 3 is 2.39 bits per heavy atom. The molecule has 1 fully saturated rings. The molecule has 1 N–H and O–H groups in total. The Balaban J connectivity index is 1.80. The van der Waals surface area contributed by atoms with Crippen LogP contribution in [0.15, 0.2) is 46.9 Å². The minimum absolute atomic E-state index is 0.0353. The first-order valence-corrected chi connectivity index (χ1v) is 12.2. The number of carbonyl (C=O) groups is 2. The summed E-state index contributed by atoms with van der Waals surface area (Å²) in [6, 6.07) is 12.5. The molecule has 1 saturated carbocycles. The fourth-order valence-electron chi connectivity index (χ4n) is 3.94. The highest BCUT2D eigenvalue weighted by atomic mass is 79.9. The van der Waals surface area contributed by atoms with Gasteiger partial charge in [0.25, 0.3) is 0 Å². The number of rotatable bonds is 7. The third-order valence-corrected chi connectivity index (χ3v) is 6.95. The SMILES string of the molecule is C[C@H](C(=O)NC1CCCCC1)N(Cc1cccc(Br)c1)C(=O)Cc1c(Cl)cccc1Cl. The third kappa shape index (κ3) is 6.71. The lowest BCUT2D eigenvalue weighted by Gasteiger charge is -2.31. The normalized spacial score (nSPS) is 15.4. The van der Waals surface area contributed by atoms with Gasteiger partial charge in [0.15, 0.2) is 0 Å². The lowest BCUT2D eigenvalue weighted by molar-refractivity contribution is -0.140.